The molecule has 0 spiro atoms. The van der Waals surface area contributed by atoms with E-state index in [9.17, 15) is 4.79 Å². The van der Waals surface area contributed by atoms with Crippen molar-refractivity contribution < 1.29 is 14.3 Å². The van der Waals surface area contributed by atoms with Crippen LogP contribution in [-0.4, -0.2) is 23.2 Å². The van der Waals surface area contributed by atoms with E-state index < -0.39 is 6.09 Å². The highest BCUT2D eigenvalue weighted by atomic mass is 32.1. The van der Waals surface area contributed by atoms with Gasteiger partial charge in [0.05, 0.1) is 28.9 Å². The van der Waals surface area contributed by atoms with Crippen LogP contribution in [0.2, 0.25) is 0 Å². The average Bonchev–Trinajstić information content (AvgIpc) is 3.28. The number of ether oxygens (including phenoxy) is 2. The molecule has 7 heteroatoms. The summed E-state index contributed by atoms with van der Waals surface area (Å²) in [5.74, 6) is 1.09. The minimum absolute atomic E-state index is 0.407. The van der Waals surface area contributed by atoms with Gasteiger partial charge in [0.15, 0.2) is 5.13 Å². The van der Waals surface area contributed by atoms with E-state index in [0.717, 1.165) is 32.7 Å². The van der Waals surface area contributed by atoms with Crippen molar-refractivity contribution in [1.82, 2.24) is 9.97 Å². The fourth-order valence-corrected chi connectivity index (χ4v) is 4.34. The molecule has 5 aromatic rings. The monoisotopic (exact) mass is 453 g/mol. The van der Waals surface area contributed by atoms with Crippen LogP contribution in [0.4, 0.5) is 9.93 Å². The van der Waals surface area contributed by atoms with E-state index in [-0.39, 0.29) is 0 Å². The first-order valence-corrected chi connectivity index (χ1v) is 11.1. The number of hydrogen-bond acceptors (Lipinski definition) is 6. The van der Waals surface area contributed by atoms with E-state index in [1.54, 1.807) is 31.4 Å². The molecular formula is C26H19N3O3S. The molecule has 0 saturated carbocycles. The molecule has 0 aliphatic heterocycles. The van der Waals surface area contributed by atoms with Crippen LogP contribution < -0.4 is 14.8 Å². The van der Waals surface area contributed by atoms with Crippen molar-refractivity contribution in [2.45, 2.75) is 0 Å². The van der Waals surface area contributed by atoms with Crippen LogP contribution in [0.1, 0.15) is 0 Å². The Labute approximate surface area is 194 Å². The second kappa shape index (κ2) is 9.10. The van der Waals surface area contributed by atoms with Crippen LogP contribution in [0.15, 0.2) is 91.0 Å². The van der Waals surface area contributed by atoms with Crippen molar-refractivity contribution in [3.8, 4) is 33.3 Å². The predicted molar refractivity (Wildman–Crippen MR) is 131 cm³/mol. The summed E-state index contributed by atoms with van der Waals surface area (Å²) in [5, 5.41) is 4.24. The SMILES string of the molecule is COc1ccc(OC(=O)Nc2nc(-c3ccccc3)c(-c3ccc4ccccc4n3)s2)cc1. The van der Waals surface area contributed by atoms with E-state index in [1.165, 1.54) is 11.3 Å². The van der Waals surface area contributed by atoms with E-state index in [0.29, 0.717) is 16.6 Å². The number of carbonyl (C=O) groups excluding carboxylic acids is 1. The Balaban J connectivity index is 1.46. The van der Waals surface area contributed by atoms with Crippen LogP contribution >= 0.6 is 11.3 Å². The maximum Gasteiger partial charge on any atom is 0.418 e. The molecule has 0 unspecified atom stereocenters. The lowest BCUT2D eigenvalue weighted by Crippen LogP contribution is -2.16. The second-order valence-corrected chi connectivity index (χ2v) is 8.14. The number of thiazole rings is 1. The predicted octanol–water partition coefficient (Wildman–Crippen LogP) is 6.64. The van der Waals surface area contributed by atoms with Crippen molar-refractivity contribution in [1.29, 1.82) is 0 Å². The smallest absolute Gasteiger partial charge is 0.418 e. The molecule has 0 bridgehead atoms. The minimum Gasteiger partial charge on any atom is -0.497 e. The van der Waals surface area contributed by atoms with Crippen molar-refractivity contribution in [2.24, 2.45) is 0 Å². The number of benzene rings is 3. The summed E-state index contributed by atoms with van der Waals surface area (Å²) >= 11 is 1.36. The van der Waals surface area contributed by atoms with Crippen LogP contribution in [0, 0.1) is 0 Å². The summed E-state index contributed by atoms with van der Waals surface area (Å²) < 4.78 is 10.5. The zero-order valence-corrected chi connectivity index (χ0v) is 18.5. The van der Waals surface area contributed by atoms with Gasteiger partial charge in [-0.05, 0) is 36.4 Å². The number of rotatable bonds is 5. The van der Waals surface area contributed by atoms with Gasteiger partial charge in [-0.15, -0.1) is 0 Å². The number of anilines is 1. The van der Waals surface area contributed by atoms with Gasteiger partial charge >= 0.3 is 6.09 Å². The lowest BCUT2D eigenvalue weighted by atomic mass is 10.1. The fraction of sp³-hybridized carbons (Fsp3) is 0.0385. The molecule has 5 rings (SSSR count). The highest BCUT2D eigenvalue weighted by Crippen LogP contribution is 2.38. The molecule has 2 aromatic heterocycles. The quantitative estimate of drug-likeness (QED) is 0.323. The number of methoxy groups -OCH3 is 1. The normalized spacial score (nSPS) is 10.7. The standard InChI is InChI=1S/C26H19N3O3S/c1-31-19-12-14-20(15-13-19)32-26(30)29-25-28-23(18-8-3-2-4-9-18)24(33-25)22-16-11-17-7-5-6-10-21(17)27-22/h2-16H,1H3,(H,28,29,30). The minimum atomic E-state index is -0.619. The van der Waals surface area contributed by atoms with Gasteiger partial charge in [0, 0.05) is 10.9 Å². The number of amides is 1. The average molecular weight is 454 g/mol. The number of pyridine rings is 1. The van der Waals surface area contributed by atoms with Gasteiger partial charge in [-0.25, -0.2) is 14.8 Å². The third-order valence-electron chi connectivity index (χ3n) is 4.98. The Kier molecular flexibility index (Phi) is 5.70. The van der Waals surface area contributed by atoms with Gasteiger partial charge in [0.25, 0.3) is 0 Å². The summed E-state index contributed by atoms with van der Waals surface area (Å²) in [4.78, 5) is 22.9. The number of aromatic nitrogens is 2. The topological polar surface area (TPSA) is 73.3 Å². The third-order valence-corrected chi connectivity index (χ3v) is 5.98. The Morgan fingerprint density at radius 2 is 1.55 bits per heavy atom. The fourth-order valence-electron chi connectivity index (χ4n) is 3.40. The molecule has 0 saturated heterocycles. The summed E-state index contributed by atoms with van der Waals surface area (Å²) in [6.07, 6.45) is -0.619. The summed E-state index contributed by atoms with van der Waals surface area (Å²) in [6, 6.07) is 28.6. The molecule has 1 amide bonds. The van der Waals surface area contributed by atoms with Gasteiger partial charge < -0.3 is 9.47 Å². The van der Waals surface area contributed by atoms with Crippen LogP contribution in [0.3, 0.4) is 0 Å². The number of fused-ring (bicyclic) bond motifs is 1. The number of carbonyl (C=O) groups is 1. The van der Waals surface area contributed by atoms with Crippen molar-refractivity contribution in [2.75, 3.05) is 12.4 Å². The second-order valence-electron chi connectivity index (χ2n) is 7.14. The largest absolute Gasteiger partial charge is 0.497 e. The number of hydrogen-bond donors (Lipinski definition) is 1. The van der Waals surface area contributed by atoms with Crippen LogP contribution in [-0.2, 0) is 0 Å². The van der Waals surface area contributed by atoms with Gasteiger partial charge in [-0.1, -0.05) is 65.9 Å². The molecule has 1 N–H and O–H groups in total. The lowest BCUT2D eigenvalue weighted by molar-refractivity contribution is 0.215. The summed E-state index contributed by atoms with van der Waals surface area (Å²) in [5.41, 5.74) is 3.39. The Morgan fingerprint density at radius 1 is 0.818 bits per heavy atom. The van der Waals surface area contributed by atoms with Crippen molar-refractivity contribution >= 4 is 33.5 Å². The van der Waals surface area contributed by atoms with Gasteiger partial charge in [0.2, 0.25) is 0 Å². The highest BCUT2D eigenvalue weighted by Gasteiger charge is 2.18. The molecule has 162 valence electrons. The van der Waals surface area contributed by atoms with Gasteiger partial charge in [-0.2, -0.15) is 0 Å². The van der Waals surface area contributed by atoms with Crippen molar-refractivity contribution in [3.05, 3.63) is 91.0 Å². The zero-order valence-electron chi connectivity index (χ0n) is 17.7. The Morgan fingerprint density at radius 3 is 2.33 bits per heavy atom. The number of nitrogens with zero attached hydrogens (tertiary/aromatic N) is 2. The molecule has 6 nitrogen and oxygen atoms in total. The number of nitrogens with one attached hydrogen (secondary N) is 1. The zero-order chi connectivity index (χ0) is 22.6. The molecular weight excluding hydrogens is 434 g/mol. The van der Waals surface area contributed by atoms with Crippen molar-refractivity contribution in [3.63, 3.8) is 0 Å². The summed E-state index contributed by atoms with van der Waals surface area (Å²) in [7, 11) is 1.58. The first-order valence-electron chi connectivity index (χ1n) is 10.2. The lowest BCUT2D eigenvalue weighted by Gasteiger charge is -2.05. The molecule has 0 atom stereocenters. The van der Waals surface area contributed by atoms with Crippen LogP contribution in [0.5, 0.6) is 11.5 Å². The van der Waals surface area contributed by atoms with E-state index in [2.05, 4.69) is 5.32 Å². The van der Waals surface area contributed by atoms with Gasteiger partial charge in [0.1, 0.15) is 11.5 Å². The first-order chi connectivity index (χ1) is 16.2. The highest BCUT2D eigenvalue weighted by molar-refractivity contribution is 7.19. The van der Waals surface area contributed by atoms with E-state index >= 15 is 0 Å². The molecule has 0 aliphatic rings. The molecule has 0 radical (unpaired) electrons. The maximum absolute atomic E-state index is 12.5. The van der Waals surface area contributed by atoms with E-state index in [4.69, 9.17) is 19.4 Å². The third kappa shape index (κ3) is 4.53. The number of para-hydroxylation sites is 1. The molecule has 2 heterocycles. The Bertz CT molecular complexity index is 1420. The Hall–Kier alpha value is -4.23. The van der Waals surface area contributed by atoms with E-state index in [1.807, 2.05) is 66.7 Å². The molecule has 0 fully saturated rings. The van der Waals surface area contributed by atoms with Crippen LogP contribution in [0.25, 0.3) is 32.7 Å². The maximum atomic E-state index is 12.5. The van der Waals surface area contributed by atoms with Gasteiger partial charge in [-0.3, -0.25) is 5.32 Å². The molecule has 0 aliphatic carbocycles. The molecule has 3 aromatic carbocycles. The molecule has 33 heavy (non-hydrogen) atoms. The summed E-state index contributed by atoms with van der Waals surface area (Å²) in [6.45, 7) is 0. The first kappa shape index (κ1) is 20.7.